The monoisotopic (exact) mass is 257 g/mol. The zero-order chi connectivity index (χ0) is 14.3. The summed E-state index contributed by atoms with van der Waals surface area (Å²) in [6.07, 6.45) is 1.70. The van der Waals surface area contributed by atoms with E-state index >= 15 is 0 Å². The van der Waals surface area contributed by atoms with E-state index in [0.717, 1.165) is 17.0 Å². The SMILES string of the molecule is CC.COc1ccnc(-c2ccc(C(C)=O)cc2)c1. The van der Waals surface area contributed by atoms with Gasteiger partial charge in [0.2, 0.25) is 0 Å². The van der Waals surface area contributed by atoms with E-state index in [4.69, 9.17) is 4.74 Å². The van der Waals surface area contributed by atoms with Gasteiger partial charge in [0.05, 0.1) is 12.8 Å². The van der Waals surface area contributed by atoms with Crippen LogP contribution in [-0.2, 0) is 0 Å². The molecular weight excluding hydrogens is 238 g/mol. The van der Waals surface area contributed by atoms with Gasteiger partial charge in [0.15, 0.2) is 5.78 Å². The molecule has 0 N–H and O–H groups in total. The maximum atomic E-state index is 11.2. The molecule has 2 aromatic rings. The van der Waals surface area contributed by atoms with Crippen LogP contribution in [-0.4, -0.2) is 17.9 Å². The van der Waals surface area contributed by atoms with E-state index in [0.29, 0.717) is 5.56 Å². The standard InChI is InChI=1S/C14H13NO2.C2H6/c1-10(16)11-3-5-12(6-4-11)14-9-13(17-2)7-8-15-14;1-2/h3-9H,1-2H3;1-2H3. The molecule has 1 aromatic carbocycles. The molecule has 0 bridgehead atoms. The van der Waals surface area contributed by atoms with Crippen molar-refractivity contribution in [1.29, 1.82) is 0 Å². The normalized spacial score (nSPS) is 9.26. The maximum absolute atomic E-state index is 11.2. The first-order valence-corrected chi connectivity index (χ1v) is 6.32. The molecule has 0 aliphatic carbocycles. The topological polar surface area (TPSA) is 39.2 Å². The van der Waals surface area contributed by atoms with Gasteiger partial charge in [-0.3, -0.25) is 9.78 Å². The third-order valence-electron chi connectivity index (χ3n) is 2.55. The molecule has 0 aliphatic heterocycles. The summed E-state index contributed by atoms with van der Waals surface area (Å²) < 4.78 is 5.14. The molecule has 0 unspecified atom stereocenters. The number of hydrogen-bond donors (Lipinski definition) is 0. The minimum absolute atomic E-state index is 0.0650. The molecular formula is C16H19NO2. The smallest absolute Gasteiger partial charge is 0.159 e. The first kappa shape index (κ1) is 14.9. The predicted molar refractivity (Wildman–Crippen MR) is 77.6 cm³/mol. The lowest BCUT2D eigenvalue weighted by Crippen LogP contribution is -1.92. The number of nitrogens with zero attached hydrogens (tertiary/aromatic N) is 1. The number of benzene rings is 1. The lowest BCUT2D eigenvalue weighted by Gasteiger charge is -2.04. The summed E-state index contributed by atoms with van der Waals surface area (Å²) in [5.74, 6) is 0.834. The molecule has 1 heterocycles. The van der Waals surface area contributed by atoms with Gasteiger partial charge in [0.25, 0.3) is 0 Å². The van der Waals surface area contributed by atoms with Crippen molar-refractivity contribution in [1.82, 2.24) is 4.98 Å². The average Bonchev–Trinajstić information content (AvgIpc) is 2.49. The van der Waals surface area contributed by atoms with Gasteiger partial charge in [0, 0.05) is 23.4 Å². The van der Waals surface area contributed by atoms with Crippen LogP contribution in [0.5, 0.6) is 5.75 Å². The zero-order valence-corrected chi connectivity index (χ0v) is 11.8. The number of ether oxygens (including phenoxy) is 1. The Morgan fingerprint density at radius 3 is 2.26 bits per heavy atom. The van der Waals surface area contributed by atoms with E-state index in [-0.39, 0.29) is 5.78 Å². The summed E-state index contributed by atoms with van der Waals surface area (Å²) in [6, 6.07) is 11.0. The molecule has 100 valence electrons. The maximum Gasteiger partial charge on any atom is 0.159 e. The number of carbonyl (C=O) groups is 1. The van der Waals surface area contributed by atoms with Crippen LogP contribution in [0.3, 0.4) is 0 Å². The van der Waals surface area contributed by atoms with Crippen LogP contribution < -0.4 is 4.74 Å². The van der Waals surface area contributed by atoms with E-state index in [1.807, 2.05) is 32.0 Å². The largest absolute Gasteiger partial charge is 0.497 e. The lowest BCUT2D eigenvalue weighted by molar-refractivity contribution is 0.101. The number of aromatic nitrogens is 1. The number of carbonyl (C=O) groups excluding carboxylic acids is 1. The summed E-state index contributed by atoms with van der Waals surface area (Å²) >= 11 is 0. The second-order valence-electron chi connectivity index (χ2n) is 3.71. The molecule has 3 nitrogen and oxygen atoms in total. The number of rotatable bonds is 3. The highest BCUT2D eigenvalue weighted by molar-refractivity contribution is 5.94. The second kappa shape index (κ2) is 7.31. The van der Waals surface area contributed by atoms with Crippen LogP contribution in [0.15, 0.2) is 42.6 Å². The van der Waals surface area contributed by atoms with Crippen molar-refractivity contribution in [3.8, 4) is 17.0 Å². The van der Waals surface area contributed by atoms with Gasteiger partial charge in [-0.15, -0.1) is 0 Å². The minimum atomic E-state index is 0.0650. The lowest BCUT2D eigenvalue weighted by atomic mass is 10.1. The Bertz CT molecular complexity index is 533. The first-order valence-electron chi connectivity index (χ1n) is 6.32. The van der Waals surface area contributed by atoms with Gasteiger partial charge < -0.3 is 4.74 Å². The van der Waals surface area contributed by atoms with Crippen molar-refractivity contribution in [2.45, 2.75) is 20.8 Å². The van der Waals surface area contributed by atoms with Crippen LogP contribution in [0.4, 0.5) is 0 Å². The molecule has 0 fully saturated rings. The Labute approximate surface area is 114 Å². The third-order valence-corrected chi connectivity index (χ3v) is 2.55. The molecule has 2 rings (SSSR count). The molecule has 0 atom stereocenters. The van der Waals surface area contributed by atoms with Crippen molar-refractivity contribution < 1.29 is 9.53 Å². The highest BCUT2D eigenvalue weighted by atomic mass is 16.5. The van der Waals surface area contributed by atoms with E-state index < -0.39 is 0 Å². The van der Waals surface area contributed by atoms with Gasteiger partial charge in [0.1, 0.15) is 5.75 Å². The van der Waals surface area contributed by atoms with Gasteiger partial charge in [-0.2, -0.15) is 0 Å². The molecule has 0 spiro atoms. The first-order chi connectivity index (χ1) is 9.20. The second-order valence-corrected chi connectivity index (χ2v) is 3.71. The van der Waals surface area contributed by atoms with Crippen molar-refractivity contribution in [2.24, 2.45) is 0 Å². The highest BCUT2D eigenvalue weighted by Gasteiger charge is 2.03. The van der Waals surface area contributed by atoms with Gasteiger partial charge in [-0.25, -0.2) is 0 Å². The summed E-state index contributed by atoms with van der Waals surface area (Å²) in [5.41, 5.74) is 2.50. The molecule has 0 amide bonds. The molecule has 1 aromatic heterocycles. The number of hydrogen-bond acceptors (Lipinski definition) is 3. The molecule has 0 aliphatic rings. The molecule has 19 heavy (non-hydrogen) atoms. The summed E-state index contributed by atoms with van der Waals surface area (Å²) in [5, 5.41) is 0. The van der Waals surface area contributed by atoms with Crippen molar-refractivity contribution >= 4 is 5.78 Å². The third kappa shape index (κ3) is 3.91. The fourth-order valence-corrected chi connectivity index (χ4v) is 1.57. The van der Waals surface area contributed by atoms with Crippen LogP contribution >= 0.6 is 0 Å². The van der Waals surface area contributed by atoms with E-state index in [1.54, 1.807) is 38.4 Å². The van der Waals surface area contributed by atoms with E-state index in [9.17, 15) is 4.79 Å². The number of ketones is 1. The minimum Gasteiger partial charge on any atom is -0.497 e. The fourth-order valence-electron chi connectivity index (χ4n) is 1.57. The van der Waals surface area contributed by atoms with Gasteiger partial charge in [-0.05, 0) is 13.0 Å². The zero-order valence-electron chi connectivity index (χ0n) is 11.8. The van der Waals surface area contributed by atoms with Crippen molar-refractivity contribution in [3.05, 3.63) is 48.2 Å². The Morgan fingerprint density at radius 1 is 1.11 bits per heavy atom. The number of methoxy groups -OCH3 is 1. The summed E-state index contributed by atoms with van der Waals surface area (Å²) in [7, 11) is 1.62. The Kier molecular flexibility index (Phi) is 5.73. The molecule has 3 heteroatoms. The Hall–Kier alpha value is -2.16. The van der Waals surface area contributed by atoms with Crippen LogP contribution in [0.25, 0.3) is 11.3 Å². The van der Waals surface area contributed by atoms with E-state index in [2.05, 4.69) is 4.98 Å². The van der Waals surface area contributed by atoms with Crippen LogP contribution in [0.2, 0.25) is 0 Å². The number of Topliss-reactive ketones (excluding diaryl/α,β-unsaturated/α-hetero) is 1. The Balaban J connectivity index is 0.000000861. The van der Waals surface area contributed by atoms with Gasteiger partial charge in [-0.1, -0.05) is 38.1 Å². The average molecular weight is 257 g/mol. The summed E-state index contributed by atoms with van der Waals surface area (Å²) in [4.78, 5) is 15.4. The quantitative estimate of drug-likeness (QED) is 0.780. The number of pyridine rings is 1. The Morgan fingerprint density at radius 2 is 1.74 bits per heavy atom. The highest BCUT2D eigenvalue weighted by Crippen LogP contribution is 2.21. The van der Waals surface area contributed by atoms with E-state index in [1.165, 1.54) is 0 Å². The fraction of sp³-hybridized carbons (Fsp3) is 0.250. The van der Waals surface area contributed by atoms with Crippen molar-refractivity contribution in [2.75, 3.05) is 7.11 Å². The van der Waals surface area contributed by atoms with Crippen molar-refractivity contribution in [3.63, 3.8) is 0 Å². The molecule has 0 saturated carbocycles. The van der Waals surface area contributed by atoms with Crippen LogP contribution in [0, 0.1) is 0 Å². The molecule has 0 radical (unpaired) electrons. The molecule has 0 saturated heterocycles. The van der Waals surface area contributed by atoms with Gasteiger partial charge >= 0.3 is 0 Å². The summed E-state index contributed by atoms with van der Waals surface area (Å²) in [6.45, 7) is 5.55. The van der Waals surface area contributed by atoms with Crippen LogP contribution in [0.1, 0.15) is 31.1 Å². The predicted octanol–water partition coefficient (Wildman–Crippen LogP) is 3.99.